The van der Waals surface area contributed by atoms with Gasteiger partial charge < -0.3 is 0 Å². The summed E-state index contributed by atoms with van der Waals surface area (Å²) in [5.41, 5.74) is -15.5. The Morgan fingerprint density at radius 3 is 0.833 bits per heavy atom. The van der Waals surface area contributed by atoms with Crippen LogP contribution >= 0.6 is 0 Å². The first-order chi connectivity index (χ1) is 34.5. The standard InChI is InChI=1S/C52H12F10N10/c1-70-32-12-27(20-69)11-31(13-32)34(30-9-25(18-67)4-26(10-30)19-68)36-50(38-41(55)45(59)48(62)46(60)42(38)56)72-51-35(49(71-52(36)51)37-39(53)43(57)47(61)44(58)40(37)54)33(28-5-21(14-63)2-22(6-28)15-64)29-7-23(16-65)3-24(8-29)17-66/h2-13H/b36-34-. The second kappa shape index (κ2) is 18.3. The molecule has 6 aromatic carbocycles. The fraction of sp³-hybridized carbons (Fsp3) is 0. The van der Waals surface area contributed by atoms with Gasteiger partial charge in [-0.15, -0.1) is 0 Å². The normalized spacial score (nSPS) is 13.0. The molecule has 0 fully saturated rings. The van der Waals surface area contributed by atoms with E-state index in [9.17, 15) is 45.6 Å². The van der Waals surface area contributed by atoms with Crippen LogP contribution in [0, 0.1) is 144 Å². The molecule has 6 aromatic rings. The van der Waals surface area contributed by atoms with Crippen LogP contribution in [0.1, 0.15) is 72.3 Å². The van der Waals surface area contributed by atoms with Crippen LogP contribution in [-0.4, -0.2) is 11.4 Å². The maximum absolute atomic E-state index is 16.4. The van der Waals surface area contributed by atoms with Crippen molar-refractivity contribution in [1.82, 2.24) is 0 Å². The van der Waals surface area contributed by atoms with Crippen molar-refractivity contribution in [2.24, 2.45) is 9.98 Å². The van der Waals surface area contributed by atoms with Gasteiger partial charge in [-0.25, -0.2) is 58.7 Å². The summed E-state index contributed by atoms with van der Waals surface area (Å²) in [7, 11) is 0. The van der Waals surface area contributed by atoms with Crippen molar-refractivity contribution in [3.8, 4) is 42.5 Å². The molecule has 0 aromatic heterocycles. The summed E-state index contributed by atoms with van der Waals surface area (Å²) in [6.07, 6.45) is 0. The van der Waals surface area contributed by atoms with Crippen LogP contribution in [0.25, 0.3) is 16.0 Å². The third-order valence-corrected chi connectivity index (χ3v) is 10.9. The van der Waals surface area contributed by atoms with Crippen LogP contribution in [-0.2, 0) is 0 Å². The van der Waals surface area contributed by atoms with E-state index in [1.165, 1.54) is 0 Å². The molecular formula is C52H12F10N10. The van der Waals surface area contributed by atoms with E-state index in [-0.39, 0.29) is 66.9 Å². The average molecular weight is 967 g/mol. The smallest absolute Gasteiger partial charge is 0.200 e. The fourth-order valence-corrected chi connectivity index (χ4v) is 7.97. The van der Waals surface area contributed by atoms with Crippen LogP contribution in [0.2, 0.25) is 0 Å². The Morgan fingerprint density at radius 2 is 0.583 bits per heavy atom. The van der Waals surface area contributed by atoms with Crippen LogP contribution < -0.4 is 0 Å². The van der Waals surface area contributed by atoms with Gasteiger partial charge in [-0.3, -0.25) is 0 Å². The lowest BCUT2D eigenvalue weighted by molar-refractivity contribution is 0.377. The van der Waals surface area contributed by atoms with E-state index in [0.29, 0.717) is 0 Å². The number of nitriles is 7. The molecular weight excluding hydrogens is 955 g/mol. The van der Waals surface area contributed by atoms with Gasteiger partial charge in [0.25, 0.3) is 0 Å². The zero-order valence-electron chi connectivity index (χ0n) is 35.2. The molecule has 340 valence electrons. The Balaban J connectivity index is 1.74. The molecule has 2 aliphatic rings. The first-order valence-corrected chi connectivity index (χ1v) is 19.7. The van der Waals surface area contributed by atoms with E-state index < -0.39 is 114 Å². The van der Waals surface area contributed by atoms with Crippen LogP contribution in [0.4, 0.5) is 49.6 Å². The highest BCUT2D eigenvalue weighted by molar-refractivity contribution is 6.30. The molecule has 2 heterocycles. The maximum Gasteiger partial charge on any atom is 0.200 e. The molecule has 0 bridgehead atoms. The van der Waals surface area contributed by atoms with Crippen molar-refractivity contribution >= 4 is 28.3 Å². The van der Waals surface area contributed by atoms with Gasteiger partial charge in [0.15, 0.2) is 52.2 Å². The minimum atomic E-state index is -2.66. The van der Waals surface area contributed by atoms with Gasteiger partial charge in [-0.05, 0) is 101 Å². The van der Waals surface area contributed by atoms with Gasteiger partial charge in [-0.1, -0.05) is 0 Å². The largest absolute Gasteiger partial charge is 0.244 e. The quantitative estimate of drug-likeness (QED) is 0.0685. The third-order valence-electron chi connectivity index (χ3n) is 10.9. The zero-order chi connectivity index (χ0) is 52.0. The highest BCUT2D eigenvalue weighted by Crippen LogP contribution is 2.50. The SMILES string of the molecule is [C-]#[N+]c1cc(C#N)cc(/C(=C2/C(c3c(F)c(F)c(F)c(F)c3F)=NC3=C2N=C(c2c(F)c(F)c(F)c(F)c2F)C3=C(c2cc(C#N)cc(C#N)c2)c2cc(C#N)cc(C#N)c2)c2cc(C#N)cc(C#N)c2)c1. The first-order valence-electron chi connectivity index (χ1n) is 19.7. The van der Waals surface area contributed by atoms with Gasteiger partial charge in [0, 0.05) is 22.3 Å². The predicted molar refractivity (Wildman–Crippen MR) is 230 cm³/mol. The molecule has 0 amide bonds. The Kier molecular flexibility index (Phi) is 12.1. The molecule has 20 heteroatoms. The summed E-state index contributed by atoms with van der Waals surface area (Å²) in [4.78, 5) is 11.9. The fourth-order valence-electron chi connectivity index (χ4n) is 7.97. The molecule has 0 unspecified atom stereocenters. The Labute approximate surface area is 397 Å². The molecule has 0 aliphatic carbocycles. The van der Waals surface area contributed by atoms with Crippen LogP contribution in [0.15, 0.2) is 105 Å². The zero-order valence-corrected chi connectivity index (χ0v) is 35.2. The number of benzene rings is 6. The van der Waals surface area contributed by atoms with Gasteiger partial charge >= 0.3 is 0 Å². The van der Waals surface area contributed by atoms with Crippen molar-refractivity contribution < 1.29 is 43.9 Å². The van der Waals surface area contributed by atoms with Crippen molar-refractivity contribution in [2.75, 3.05) is 0 Å². The van der Waals surface area contributed by atoms with Crippen molar-refractivity contribution in [1.29, 1.82) is 36.8 Å². The number of allylic oxidation sites excluding steroid dienone is 2. The second-order valence-corrected chi connectivity index (χ2v) is 15.1. The Bertz CT molecular complexity index is 3480. The highest BCUT2D eigenvalue weighted by atomic mass is 19.2. The molecule has 0 N–H and O–H groups in total. The summed E-state index contributed by atoms with van der Waals surface area (Å²) >= 11 is 0. The lowest BCUT2D eigenvalue weighted by Crippen LogP contribution is -2.18. The number of rotatable bonds is 6. The monoisotopic (exact) mass is 966 g/mol. The molecule has 8 rings (SSSR count). The van der Waals surface area contributed by atoms with Crippen LogP contribution in [0.5, 0.6) is 0 Å². The van der Waals surface area contributed by atoms with Crippen molar-refractivity contribution in [2.45, 2.75) is 0 Å². The second-order valence-electron chi connectivity index (χ2n) is 15.1. The number of halogens is 10. The molecule has 72 heavy (non-hydrogen) atoms. The highest BCUT2D eigenvalue weighted by Gasteiger charge is 2.44. The Hall–Kier alpha value is -10.9. The minimum absolute atomic E-state index is 0.327. The lowest BCUT2D eigenvalue weighted by Gasteiger charge is -2.19. The first kappa shape index (κ1) is 47.6. The number of hydrogen-bond acceptors (Lipinski definition) is 9. The van der Waals surface area contributed by atoms with Crippen LogP contribution in [0.3, 0.4) is 0 Å². The average Bonchev–Trinajstić information content (AvgIpc) is 3.93. The van der Waals surface area contributed by atoms with E-state index in [1.807, 2.05) is 0 Å². The number of aliphatic imine (C=N–C) groups is 2. The molecule has 2 aliphatic heterocycles. The summed E-state index contributed by atoms with van der Waals surface area (Å²) in [6, 6.07) is 24.8. The predicted octanol–water partition coefficient (Wildman–Crippen LogP) is 11.3. The summed E-state index contributed by atoms with van der Waals surface area (Å²) < 4.78 is 157. The minimum Gasteiger partial charge on any atom is -0.244 e. The van der Waals surface area contributed by atoms with Gasteiger partial charge in [0.1, 0.15) is 11.4 Å². The summed E-state index contributed by atoms with van der Waals surface area (Å²) in [5, 5.41) is 70.5. The van der Waals surface area contributed by atoms with Crippen molar-refractivity contribution in [3.05, 3.63) is 237 Å². The van der Waals surface area contributed by atoms with E-state index in [1.54, 1.807) is 42.5 Å². The number of hydrogen-bond donors (Lipinski definition) is 0. The van der Waals surface area contributed by atoms with E-state index in [2.05, 4.69) is 14.8 Å². The van der Waals surface area contributed by atoms with E-state index >= 15 is 35.1 Å². The molecule has 0 saturated heterocycles. The lowest BCUT2D eigenvalue weighted by atomic mass is 9.84. The molecule has 0 radical (unpaired) electrons. The Morgan fingerprint density at radius 1 is 0.347 bits per heavy atom. The summed E-state index contributed by atoms with van der Waals surface area (Å²) in [6.45, 7) is 7.77. The van der Waals surface area contributed by atoms with Gasteiger partial charge in [0.2, 0.25) is 11.6 Å². The number of nitrogens with zero attached hydrogens (tertiary/aromatic N) is 10. The molecule has 0 atom stereocenters. The molecule has 0 saturated carbocycles. The van der Waals surface area contributed by atoms with E-state index in [4.69, 9.17) is 6.57 Å². The third kappa shape index (κ3) is 7.69. The van der Waals surface area contributed by atoms with Gasteiger partial charge in [-0.2, -0.15) is 36.8 Å². The topological polar surface area (TPSA) is 196 Å². The van der Waals surface area contributed by atoms with E-state index in [0.717, 1.165) is 72.8 Å². The maximum atomic E-state index is 16.4. The van der Waals surface area contributed by atoms with Gasteiger partial charge in [0.05, 0.1) is 105 Å². The summed E-state index contributed by atoms with van der Waals surface area (Å²) in [5.74, 6) is -25.7. The molecule has 10 nitrogen and oxygen atoms in total. The molecule has 0 spiro atoms. The van der Waals surface area contributed by atoms with Crippen molar-refractivity contribution in [3.63, 3.8) is 0 Å².